The second-order valence-electron chi connectivity index (χ2n) is 4.38. The zero-order valence-electron chi connectivity index (χ0n) is 11.8. The minimum absolute atomic E-state index is 0.0899. The SMILES string of the molecule is COc1ccccc1Nc1ccc(C(=O)NCCS)cc1. The zero-order chi connectivity index (χ0) is 15.1. The first-order valence-electron chi connectivity index (χ1n) is 6.63. The number of nitrogens with one attached hydrogen (secondary N) is 2. The minimum atomic E-state index is -0.0899. The molecule has 0 aliphatic heterocycles. The van der Waals surface area contributed by atoms with E-state index in [1.807, 2.05) is 36.4 Å². The minimum Gasteiger partial charge on any atom is -0.495 e. The fraction of sp³-hybridized carbons (Fsp3) is 0.188. The van der Waals surface area contributed by atoms with Crippen LogP contribution in [0.25, 0.3) is 0 Å². The van der Waals surface area contributed by atoms with Crippen LogP contribution in [0, 0.1) is 0 Å². The van der Waals surface area contributed by atoms with Gasteiger partial charge < -0.3 is 15.4 Å². The van der Waals surface area contributed by atoms with Gasteiger partial charge in [0.1, 0.15) is 5.75 Å². The molecule has 2 N–H and O–H groups in total. The standard InChI is InChI=1S/C16H18N2O2S/c1-20-15-5-3-2-4-14(15)18-13-8-6-12(7-9-13)16(19)17-10-11-21/h2-9,18,21H,10-11H2,1H3,(H,17,19). The molecule has 2 rings (SSSR count). The maximum Gasteiger partial charge on any atom is 0.251 e. The van der Waals surface area contributed by atoms with Gasteiger partial charge in [-0.25, -0.2) is 0 Å². The molecule has 0 aliphatic rings. The normalized spacial score (nSPS) is 10.0. The predicted molar refractivity (Wildman–Crippen MR) is 88.9 cm³/mol. The average Bonchev–Trinajstić information content (AvgIpc) is 2.54. The topological polar surface area (TPSA) is 50.4 Å². The molecular weight excluding hydrogens is 284 g/mol. The third kappa shape index (κ3) is 4.16. The molecular formula is C16H18N2O2S. The van der Waals surface area contributed by atoms with Crippen LogP contribution in [0.2, 0.25) is 0 Å². The van der Waals surface area contributed by atoms with Gasteiger partial charge in [-0.3, -0.25) is 4.79 Å². The van der Waals surface area contributed by atoms with Gasteiger partial charge in [0.05, 0.1) is 12.8 Å². The molecule has 0 atom stereocenters. The van der Waals surface area contributed by atoms with Gasteiger partial charge in [0.2, 0.25) is 0 Å². The first-order valence-corrected chi connectivity index (χ1v) is 7.27. The van der Waals surface area contributed by atoms with Gasteiger partial charge in [0, 0.05) is 23.5 Å². The van der Waals surface area contributed by atoms with Crippen molar-refractivity contribution in [3.63, 3.8) is 0 Å². The number of methoxy groups -OCH3 is 1. The maximum absolute atomic E-state index is 11.8. The molecule has 0 heterocycles. The lowest BCUT2D eigenvalue weighted by Gasteiger charge is -2.11. The van der Waals surface area contributed by atoms with Crippen molar-refractivity contribution < 1.29 is 9.53 Å². The number of hydrogen-bond acceptors (Lipinski definition) is 4. The molecule has 0 unspecified atom stereocenters. The Bertz CT molecular complexity index is 599. The number of anilines is 2. The van der Waals surface area contributed by atoms with E-state index in [1.165, 1.54) is 0 Å². The summed E-state index contributed by atoms with van der Waals surface area (Å²) in [5.41, 5.74) is 2.40. The predicted octanol–water partition coefficient (Wildman–Crippen LogP) is 3.10. The third-order valence-corrected chi connectivity index (χ3v) is 3.15. The molecule has 0 aromatic heterocycles. The second kappa shape index (κ2) is 7.59. The average molecular weight is 302 g/mol. The summed E-state index contributed by atoms with van der Waals surface area (Å²) in [6.07, 6.45) is 0. The van der Waals surface area contributed by atoms with Gasteiger partial charge in [-0.1, -0.05) is 12.1 Å². The highest BCUT2D eigenvalue weighted by molar-refractivity contribution is 7.80. The molecule has 110 valence electrons. The van der Waals surface area contributed by atoms with Crippen molar-refractivity contribution in [1.82, 2.24) is 5.32 Å². The van der Waals surface area contributed by atoms with Crippen molar-refractivity contribution in [2.75, 3.05) is 24.7 Å². The number of thiol groups is 1. The molecule has 5 heteroatoms. The Hall–Kier alpha value is -2.14. The highest BCUT2D eigenvalue weighted by atomic mass is 32.1. The molecule has 0 saturated heterocycles. The van der Waals surface area contributed by atoms with E-state index in [1.54, 1.807) is 19.2 Å². The van der Waals surface area contributed by atoms with Gasteiger partial charge in [-0.2, -0.15) is 12.6 Å². The number of carbonyl (C=O) groups is 1. The monoisotopic (exact) mass is 302 g/mol. The third-order valence-electron chi connectivity index (χ3n) is 2.93. The molecule has 0 fully saturated rings. The molecule has 0 bridgehead atoms. The van der Waals surface area contributed by atoms with Crippen molar-refractivity contribution in [2.45, 2.75) is 0 Å². The van der Waals surface area contributed by atoms with Crippen molar-refractivity contribution >= 4 is 29.9 Å². The van der Waals surface area contributed by atoms with E-state index in [0.717, 1.165) is 17.1 Å². The Morgan fingerprint density at radius 2 is 1.86 bits per heavy atom. The van der Waals surface area contributed by atoms with Crippen LogP contribution in [0.3, 0.4) is 0 Å². The number of ether oxygens (including phenoxy) is 1. The van der Waals surface area contributed by atoms with Crippen LogP contribution in [0.15, 0.2) is 48.5 Å². The van der Waals surface area contributed by atoms with Crippen molar-refractivity contribution in [3.05, 3.63) is 54.1 Å². The number of carbonyl (C=O) groups excluding carboxylic acids is 1. The Morgan fingerprint density at radius 3 is 2.52 bits per heavy atom. The molecule has 0 aliphatic carbocycles. The molecule has 0 spiro atoms. The second-order valence-corrected chi connectivity index (χ2v) is 4.83. The van der Waals surface area contributed by atoms with E-state index in [-0.39, 0.29) is 5.91 Å². The number of hydrogen-bond donors (Lipinski definition) is 3. The van der Waals surface area contributed by atoms with Crippen LogP contribution in [-0.4, -0.2) is 25.3 Å². The van der Waals surface area contributed by atoms with E-state index in [4.69, 9.17) is 4.74 Å². The Morgan fingerprint density at radius 1 is 1.14 bits per heavy atom. The first-order chi connectivity index (χ1) is 10.2. The van der Waals surface area contributed by atoms with E-state index in [9.17, 15) is 4.79 Å². The summed E-state index contributed by atoms with van der Waals surface area (Å²) >= 11 is 4.06. The molecule has 21 heavy (non-hydrogen) atoms. The summed E-state index contributed by atoms with van der Waals surface area (Å²) in [7, 11) is 1.63. The largest absolute Gasteiger partial charge is 0.495 e. The molecule has 0 saturated carbocycles. The van der Waals surface area contributed by atoms with Crippen molar-refractivity contribution in [3.8, 4) is 5.75 Å². The number of benzene rings is 2. The van der Waals surface area contributed by atoms with Gasteiger partial charge >= 0.3 is 0 Å². The quantitative estimate of drug-likeness (QED) is 0.719. The smallest absolute Gasteiger partial charge is 0.251 e. The van der Waals surface area contributed by atoms with Gasteiger partial charge in [0.15, 0.2) is 0 Å². The Kier molecular flexibility index (Phi) is 5.51. The fourth-order valence-corrected chi connectivity index (χ4v) is 1.99. The Balaban J connectivity index is 2.07. The summed E-state index contributed by atoms with van der Waals surface area (Å²) in [6, 6.07) is 15.0. The van der Waals surface area contributed by atoms with Crippen LogP contribution in [0.5, 0.6) is 5.75 Å². The summed E-state index contributed by atoms with van der Waals surface area (Å²) in [6.45, 7) is 0.559. The van der Waals surface area contributed by atoms with E-state index in [2.05, 4.69) is 23.3 Å². The van der Waals surface area contributed by atoms with Crippen LogP contribution in [0.4, 0.5) is 11.4 Å². The molecule has 2 aromatic carbocycles. The molecule has 1 amide bonds. The number of rotatable bonds is 6. The highest BCUT2D eigenvalue weighted by Crippen LogP contribution is 2.26. The summed E-state index contributed by atoms with van der Waals surface area (Å²) in [5, 5.41) is 6.04. The summed E-state index contributed by atoms with van der Waals surface area (Å²) in [5.74, 6) is 1.31. The van der Waals surface area contributed by atoms with Crippen LogP contribution in [-0.2, 0) is 0 Å². The summed E-state index contributed by atoms with van der Waals surface area (Å²) in [4.78, 5) is 11.8. The van der Waals surface area contributed by atoms with E-state index >= 15 is 0 Å². The van der Waals surface area contributed by atoms with E-state index in [0.29, 0.717) is 17.9 Å². The lowest BCUT2D eigenvalue weighted by Crippen LogP contribution is -2.25. The number of para-hydroxylation sites is 2. The van der Waals surface area contributed by atoms with Crippen molar-refractivity contribution in [1.29, 1.82) is 0 Å². The lowest BCUT2D eigenvalue weighted by atomic mass is 10.2. The van der Waals surface area contributed by atoms with Crippen molar-refractivity contribution in [2.24, 2.45) is 0 Å². The molecule has 0 radical (unpaired) electrons. The zero-order valence-corrected chi connectivity index (χ0v) is 12.7. The Labute approximate surface area is 129 Å². The van der Waals surface area contributed by atoms with Gasteiger partial charge in [-0.15, -0.1) is 0 Å². The van der Waals surface area contributed by atoms with Crippen LogP contribution >= 0.6 is 12.6 Å². The van der Waals surface area contributed by atoms with Gasteiger partial charge in [0.25, 0.3) is 5.91 Å². The molecule has 4 nitrogen and oxygen atoms in total. The van der Waals surface area contributed by atoms with E-state index < -0.39 is 0 Å². The number of amides is 1. The van der Waals surface area contributed by atoms with Crippen LogP contribution < -0.4 is 15.4 Å². The lowest BCUT2D eigenvalue weighted by molar-refractivity contribution is 0.0956. The molecule has 2 aromatic rings. The van der Waals surface area contributed by atoms with Gasteiger partial charge in [-0.05, 0) is 36.4 Å². The maximum atomic E-state index is 11.8. The highest BCUT2D eigenvalue weighted by Gasteiger charge is 2.05. The van der Waals surface area contributed by atoms with Crippen LogP contribution in [0.1, 0.15) is 10.4 Å². The first kappa shape index (κ1) is 15.3. The fourth-order valence-electron chi connectivity index (χ4n) is 1.88. The summed E-state index contributed by atoms with van der Waals surface area (Å²) < 4.78 is 5.29.